The number of nitrogens with zero attached hydrogens (tertiary/aromatic N) is 2. The van der Waals surface area contributed by atoms with Crippen molar-refractivity contribution in [2.45, 2.75) is 12.8 Å². The van der Waals surface area contributed by atoms with Gasteiger partial charge in [0, 0.05) is 18.7 Å². The number of non-ortho nitro benzene ring substituents is 1. The first kappa shape index (κ1) is 9.92. The van der Waals surface area contributed by atoms with E-state index >= 15 is 0 Å². The van der Waals surface area contributed by atoms with Gasteiger partial charge in [0.15, 0.2) is 0 Å². The largest absolute Gasteiger partial charge is 0.273 e. The van der Waals surface area contributed by atoms with Gasteiger partial charge in [-0.3, -0.25) is 20.0 Å². The zero-order valence-electron chi connectivity index (χ0n) is 8.26. The Kier molecular flexibility index (Phi) is 2.82. The molecule has 1 heterocycles. The maximum atomic E-state index is 10.4. The average molecular weight is 208 g/mol. The molecule has 0 spiro atoms. The van der Waals surface area contributed by atoms with Crippen molar-refractivity contribution in [1.82, 2.24) is 0 Å². The number of hydrogen-bond donors (Lipinski definition) is 0. The van der Waals surface area contributed by atoms with Crippen molar-refractivity contribution < 1.29 is 9.76 Å². The van der Waals surface area contributed by atoms with Gasteiger partial charge in [0.25, 0.3) is 5.69 Å². The van der Waals surface area contributed by atoms with Crippen LogP contribution in [0.25, 0.3) is 0 Å². The third-order valence-corrected chi connectivity index (χ3v) is 2.35. The number of nitro groups is 1. The van der Waals surface area contributed by atoms with Crippen molar-refractivity contribution in [3.63, 3.8) is 0 Å². The summed E-state index contributed by atoms with van der Waals surface area (Å²) in [5.74, 6) is 0. The zero-order valence-corrected chi connectivity index (χ0v) is 8.26. The van der Waals surface area contributed by atoms with E-state index in [0.29, 0.717) is 0 Å². The zero-order chi connectivity index (χ0) is 10.7. The lowest BCUT2D eigenvalue weighted by molar-refractivity contribution is -0.384. The molecule has 1 aliphatic rings. The third kappa shape index (κ3) is 2.24. The van der Waals surface area contributed by atoms with Crippen LogP contribution in [-0.2, 0) is 4.84 Å². The lowest BCUT2D eigenvalue weighted by atomic mass is 10.2. The lowest BCUT2D eigenvalue weighted by Gasteiger charge is -2.27. The molecule has 1 aromatic rings. The van der Waals surface area contributed by atoms with Crippen LogP contribution in [0, 0.1) is 10.1 Å². The van der Waals surface area contributed by atoms with Gasteiger partial charge in [-0.15, -0.1) is 0 Å². The molecule has 0 amide bonds. The van der Waals surface area contributed by atoms with Crippen LogP contribution in [0.4, 0.5) is 11.4 Å². The third-order valence-electron chi connectivity index (χ3n) is 2.35. The quantitative estimate of drug-likeness (QED) is 0.551. The number of hydroxylamine groups is 1. The smallest absolute Gasteiger partial charge is 0.269 e. The Hall–Kier alpha value is -1.62. The molecule has 15 heavy (non-hydrogen) atoms. The van der Waals surface area contributed by atoms with E-state index in [1.807, 2.05) is 0 Å². The van der Waals surface area contributed by atoms with Gasteiger partial charge in [0.05, 0.1) is 17.2 Å². The molecule has 1 aromatic carbocycles. The fourth-order valence-corrected chi connectivity index (χ4v) is 1.54. The molecule has 1 fully saturated rings. The second-order valence-corrected chi connectivity index (χ2v) is 3.42. The molecule has 80 valence electrons. The highest BCUT2D eigenvalue weighted by Crippen LogP contribution is 2.21. The number of hydrogen-bond acceptors (Lipinski definition) is 4. The van der Waals surface area contributed by atoms with E-state index in [1.54, 1.807) is 17.2 Å². The average Bonchev–Trinajstić information content (AvgIpc) is 2.30. The van der Waals surface area contributed by atoms with E-state index in [-0.39, 0.29) is 5.69 Å². The SMILES string of the molecule is O=[N+]([O-])c1ccc(N2CCCCO2)cc1. The summed E-state index contributed by atoms with van der Waals surface area (Å²) < 4.78 is 0. The molecule has 0 aliphatic carbocycles. The molecule has 5 nitrogen and oxygen atoms in total. The summed E-state index contributed by atoms with van der Waals surface area (Å²) in [7, 11) is 0. The molecule has 2 rings (SSSR count). The van der Waals surface area contributed by atoms with E-state index in [4.69, 9.17) is 4.84 Å². The Morgan fingerprint density at radius 2 is 2.00 bits per heavy atom. The predicted octanol–water partition coefficient (Wildman–Crippen LogP) is 2.13. The van der Waals surface area contributed by atoms with Crippen molar-refractivity contribution in [3.05, 3.63) is 34.4 Å². The monoisotopic (exact) mass is 208 g/mol. The Morgan fingerprint density at radius 3 is 2.53 bits per heavy atom. The molecule has 0 bridgehead atoms. The van der Waals surface area contributed by atoms with E-state index in [9.17, 15) is 10.1 Å². The van der Waals surface area contributed by atoms with Gasteiger partial charge >= 0.3 is 0 Å². The number of anilines is 1. The van der Waals surface area contributed by atoms with E-state index in [0.717, 1.165) is 31.7 Å². The van der Waals surface area contributed by atoms with Crippen LogP contribution in [0.2, 0.25) is 0 Å². The fraction of sp³-hybridized carbons (Fsp3) is 0.400. The van der Waals surface area contributed by atoms with Crippen molar-refractivity contribution in [2.24, 2.45) is 0 Å². The summed E-state index contributed by atoms with van der Waals surface area (Å²) in [6.45, 7) is 1.56. The Morgan fingerprint density at radius 1 is 1.27 bits per heavy atom. The Labute approximate surface area is 87.4 Å². The summed E-state index contributed by atoms with van der Waals surface area (Å²) in [5, 5.41) is 12.2. The minimum atomic E-state index is -0.402. The van der Waals surface area contributed by atoms with Gasteiger partial charge in [0.2, 0.25) is 0 Å². The number of rotatable bonds is 2. The highest BCUT2D eigenvalue weighted by atomic mass is 16.7. The van der Waals surface area contributed by atoms with Crippen LogP contribution in [0.15, 0.2) is 24.3 Å². The molecule has 0 saturated carbocycles. The molecule has 0 unspecified atom stereocenters. The van der Waals surface area contributed by atoms with Crippen LogP contribution < -0.4 is 5.06 Å². The highest BCUT2D eigenvalue weighted by Gasteiger charge is 2.13. The maximum absolute atomic E-state index is 10.4. The van der Waals surface area contributed by atoms with Crippen LogP contribution in [0.3, 0.4) is 0 Å². The first-order chi connectivity index (χ1) is 7.27. The minimum Gasteiger partial charge on any atom is -0.273 e. The molecule has 0 aromatic heterocycles. The van der Waals surface area contributed by atoms with Gasteiger partial charge < -0.3 is 0 Å². The van der Waals surface area contributed by atoms with E-state index in [1.165, 1.54) is 12.1 Å². The van der Waals surface area contributed by atoms with Crippen molar-refractivity contribution >= 4 is 11.4 Å². The standard InChI is InChI=1S/C10H12N2O3/c13-12(14)10-5-3-9(4-6-10)11-7-1-2-8-15-11/h3-6H,1-2,7-8H2. The maximum Gasteiger partial charge on any atom is 0.269 e. The van der Waals surface area contributed by atoms with Crippen LogP contribution in [0.1, 0.15) is 12.8 Å². The Bertz CT molecular complexity index is 344. The molecule has 5 heteroatoms. The molecule has 1 aliphatic heterocycles. The van der Waals surface area contributed by atoms with Crippen LogP contribution >= 0.6 is 0 Å². The first-order valence-electron chi connectivity index (χ1n) is 4.92. The molecule has 0 atom stereocenters. The van der Waals surface area contributed by atoms with E-state index in [2.05, 4.69) is 0 Å². The second kappa shape index (κ2) is 4.27. The van der Waals surface area contributed by atoms with Crippen molar-refractivity contribution in [1.29, 1.82) is 0 Å². The number of benzene rings is 1. The fourth-order valence-electron chi connectivity index (χ4n) is 1.54. The van der Waals surface area contributed by atoms with Crippen molar-refractivity contribution in [3.8, 4) is 0 Å². The summed E-state index contributed by atoms with van der Waals surface area (Å²) >= 11 is 0. The van der Waals surface area contributed by atoms with Gasteiger partial charge in [-0.1, -0.05) is 0 Å². The normalized spacial score (nSPS) is 16.4. The lowest BCUT2D eigenvalue weighted by Crippen LogP contribution is -2.29. The summed E-state index contributed by atoms with van der Waals surface area (Å²) in [6, 6.07) is 6.41. The summed E-state index contributed by atoms with van der Waals surface area (Å²) in [6.07, 6.45) is 2.17. The summed E-state index contributed by atoms with van der Waals surface area (Å²) in [4.78, 5) is 15.5. The molecule has 0 N–H and O–H groups in total. The second-order valence-electron chi connectivity index (χ2n) is 3.42. The topological polar surface area (TPSA) is 55.6 Å². The van der Waals surface area contributed by atoms with Crippen LogP contribution in [0.5, 0.6) is 0 Å². The minimum absolute atomic E-state index is 0.107. The first-order valence-corrected chi connectivity index (χ1v) is 4.92. The molecular formula is C10H12N2O3. The molecular weight excluding hydrogens is 196 g/mol. The summed E-state index contributed by atoms with van der Waals surface area (Å²) in [5.41, 5.74) is 0.982. The van der Waals surface area contributed by atoms with Gasteiger partial charge in [-0.05, 0) is 25.0 Å². The predicted molar refractivity (Wildman–Crippen MR) is 55.6 cm³/mol. The number of nitro benzene ring substituents is 1. The molecule has 1 saturated heterocycles. The van der Waals surface area contributed by atoms with Gasteiger partial charge in [0.1, 0.15) is 0 Å². The molecule has 0 radical (unpaired) electrons. The van der Waals surface area contributed by atoms with Gasteiger partial charge in [-0.2, -0.15) is 0 Å². The highest BCUT2D eigenvalue weighted by molar-refractivity contribution is 5.49. The van der Waals surface area contributed by atoms with Gasteiger partial charge in [-0.25, -0.2) is 0 Å². The van der Waals surface area contributed by atoms with Crippen LogP contribution in [-0.4, -0.2) is 18.1 Å². The Balaban J connectivity index is 2.11. The van der Waals surface area contributed by atoms with Crippen molar-refractivity contribution in [2.75, 3.05) is 18.2 Å². The van der Waals surface area contributed by atoms with E-state index < -0.39 is 4.92 Å².